The SMILES string of the molecule is CC1(C)COCCN1C(=O)CCCc1ccc(Cl)cc1. The second-order valence-corrected chi connectivity index (χ2v) is 6.33. The minimum Gasteiger partial charge on any atom is -0.377 e. The number of morpholine rings is 1. The van der Waals surface area contributed by atoms with Gasteiger partial charge in [-0.15, -0.1) is 0 Å². The molecule has 20 heavy (non-hydrogen) atoms. The summed E-state index contributed by atoms with van der Waals surface area (Å²) in [4.78, 5) is 14.3. The molecular weight excluding hydrogens is 274 g/mol. The van der Waals surface area contributed by atoms with Gasteiger partial charge in [0, 0.05) is 18.0 Å². The molecule has 0 N–H and O–H groups in total. The summed E-state index contributed by atoms with van der Waals surface area (Å²) in [7, 11) is 0. The zero-order valence-electron chi connectivity index (χ0n) is 12.2. The predicted octanol–water partition coefficient (Wildman–Crippen LogP) is 3.30. The summed E-state index contributed by atoms with van der Waals surface area (Å²) in [5.74, 6) is 0.229. The summed E-state index contributed by atoms with van der Waals surface area (Å²) in [6, 6.07) is 7.82. The lowest BCUT2D eigenvalue weighted by molar-refractivity contribution is -0.146. The molecule has 1 amide bonds. The van der Waals surface area contributed by atoms with Gasteiger partial charge in [-0.3, -0.25) is 4.79 Å². The first-order valence-corrected chi connectivity index (χ1v) is 7.49. The van der Waals surface area contributed by atoms with Gasteiger partial charge in [0.05, 0.1) is 18.8 Å². The Hall–Kier alpha value is -1.06. The Morgan fingerprint density at radius 3 is 2.70 bits per heavy atom. The van der Waals surface area contributed by atoms with Crippen LogP contribution in [0.5, 0.6) is 0 Å². The van der Waals surface area contributed by atoms with Gasteiger partial charge in [0.15, 0.2) is 0 Å². The summed E-state index contributed by atoms with van der Waals surface area (Å²) in [6.07, 6.45) is 2.37. The van der Waals surface area contributed by atoms with Crippen LogP contribution in [0.2, 0.25) is 5.02 Å². The molecule has 0 aromatic heterocycles. The van der Waals surface area contributed by atoms with Crippen LogP contribution in [-0.4, -0.2) is 36.1 Å². The van der Waals surface area contributed by atoms with Crippen LogP contribution >= 0.6 is 11.6 Å². The van der Waals surface area contributed by atoms with Crippen LogP contribution in [0.1, 0.15) is 32.3 Å². The first-order chi connectivity index (χ1) is 9.49. The molecule has 0 spiro atoms. The third-order valence-electron chi connectivity index (χ3n) is 3.72. The predicted molar refractivity (Wildman–Crippen MR) is 81.0 cm³/mol. The third kappa shape index (κ3) is 3.97. The van der Waals surface area contributed by atoms with E-state index in [2.05, 4.69) is 13.8 Å². The van der Waals surface area contributed by atoms with Gasteiger partial charge >= 0.3 is 0 Å². The molecular formula is C16H22ClNO2. The molecule has 110 valence electrons. The number of hydrogen-bond donors (Lipinski definition) is 0. The van der Waals surface area contributed by atoms with Gasteiger partial charge in [-0.1, -0.05) is 23.7 Å². The van der Waals surface area contributed by atoms with E-state index in [0.29, 0.717) is 26.2 Å². The van der Waals surface area contributed by atoms with E-state index < -0.39 is 0 Å². The average Bonchev–Trinajstić information content (AvgIpc) is 2.40. The van der Waals surface area contributed by atoms with Crippen molar-refractivity contribution in [3.8, 4) is 0 Å². The maximum absolute atomic E-state index is 12.3. The Balaban J connectivity index is 1.81. The molecule has 4 heteroatoms. The zero-order chi connectivity index (χ0) is 14.6. The maximum Gasteiger partial charge on any atom is 0.223 e. The van der Waals surface area contributed by atoms with Gasteiger partial charge in [-0.25, -0.2) is 0 Å². The highest BCUT2D eigenvalue weighted by atomic mass is 35.5. The standard InChI is InChI=1S/C16H22ClNO2/c1-16(2)12-20-11-10-18(16)15(19)5-3-4-13-6-8-14(17)9-7-13/h6-9H,3-5,10-12H2,1-2H3. The molecule has 1 aliphatic heterocycles. The Bertz CT molecular complexity index is 456. The summed E-state index contributed by atoms with van der Waals surface area (Å²) in [5.41, 5.74) is 1.04. The van der Waals surface area contributed by atoms with Crippen LogP contribution in [0.25, 0.3) is 0 Å². The van der Waals surface area contributed by atoms with E-state index in [-0.39, 0.29) is 11.4 Å². The van der Waals surface area contributed by atoms with E-state index in [1.807, 2.05) is 29.2 Å². The molecule has 0 atom stereocenters. The number of ether oxygens (including phenoxy) is 1. The lowest BCUT2D eigenvalue weighted by Crippen LogP contribution is -2.55. The molecule has 1 aliphatic rings. The molecule has 3 nitrogen and oxygen atoms in total. The number of carbonyl (C=O) groups is 1. The molecule has 1 fully saturated rings. The molecule has 1 aromatic carbocycles. The Morgan fingerprint density at radius 2 is 2.05 bits per heavy atom. The number of rotatable bonds is 4. The minimum absolute atomic E-state index is 0.185. The first kappa shape index (κ1) is 15.3. The van der Waals surface area contributed by atoms with Gasteiger partial charge in [-0.05, 0) is 44.4 Å². The van der Waals surface area contributed by atoms with Gasteiger partial charge in [0.1, 0.15) is 0 Å². The number of carbonyl (C=O) groups excluding carboxylic acids is 1. The third-order valence-corrected chi connectivity index (χ3v) is 3.97. The molecule has 1 saturated heterocycles. The molecule has 0 unspecified atom stereocenters. The maximum atomic E-state index is 12.3. The highest BCUT2D eigenvalue weighted by Gasteiger charge is 2.33. The first-order valence-electron chi connectivity index (χ1n) is 7.12. The van der Waals surface area contributed by atoms with E-state index >= 15 is 0 Å². The molecule has 0 radical (unpaired) electrons. The van der Waals surface area contributed by atoms with Crippen molar-refractivity contribution in [2.45, 2.75) is 38.6 Å². The molecule has 0 bridgehead atoms. The van der Waals surface area contributed by atoms with E-state index in [1.165, 1.54) is 5.56 Å². The van der Waals surface area contributed by atoms with Crippen molar-refractivity contribution < 1.29 is 9.53 Å². The normalized spacial score (nSPS) is 18.1. The number of amides is 1. The number of hydrogen-bond acceptors (Lipinski definition) is 2. The second-order valence-electron chi connectivity index (χ2n) is 5.89. The molecule has 0 saturated carbocycles. The fourth-order valence-corrected chi connectivity index (χ4v) is 2.68. The Labute approximate surface area is 125 Å². The summed E-state index contributed by atoms with van der Waals surface area (Å²) < 4.78 is 5.44. The van der Waals surface area contributed by atoms with Crippen molar-refractivity contribution in [1.29, 1.82) is 0 Å². The summed E-state index contributed by atoms with van der Waals surface area (Å²) in [5, 5.41) is 0.750. The quantitative estimate of drug-likeness (QED) is 0.853. The van der Waals surface area contributed by atoms with Crippen LogP contribution in [0.4, 0.5) is 0 Å². The Morgan fingerprint density at radius 1 is 1.35 bits per heavy atom. The van der Waals surface area contributed by atoms with Crippen molar-refractivity contribution >= 4 is 17.5 Å². The number of nitrogens with zero attached hydrogens (tertiary/aromatic N) is 1. The van der Waals surface area contributed by atoms with Gasteiger partial charge in [0.25, 0.3) is 0 Å². The van der Waals surface area contributed by atoms with Crippen LogP contribution in [0.3, 0.4) is 0 Å². The fourth-order valence-electron chi connectivity index (χ4n) is 2.55. The van der Waals surface area contributed by atoms with Crippen LogP contribution in [0.15, 0.2) is 24.3 Å². The van der Waals surface area contributed by atoms with Crippen LogP contribution < -0.4 is 0 Å². The number of halogens is 1. The molecule has 1 heterocycles. The van der Waals surface area contributed by atoms with Crippen molar-refractivity contribution in [2.24, 2.45) is 0 Å². The molecule has 2 rings (SSSR count). The average molecular weight is 296 g/mol. The van der Waals surface area contributed by atoms with E-state index in [9.17, 15) is 4.79 Å². The second kappa shape index (κ2) is 6.59. The number of benzene rings is 1. The van der Waals surface area contributed by atoms with Crippen molar-refractivity contribution in [1.82, 2.24) is 4.90 Å². The van der Waals surface area contributed by atoms with E-state index in [4.69, 9.17) is 16.3 Å². The lowest BCUT2D eigenvalue weighted by atomic mass is 10.0. The topological polar surface area (TPSA) is 29.5 Å². The van der Waals surface area contributed by atoms with Gasteiger partial charge in [0.2, 0.25) is 5.91 Å². The van der Waals surface area contributed by atoms with Crippen molar-refractivity contribution in [3.63, 3.8) is 0 Å². The fraction of sp³-hybridized carbons (Fsp3) is 0.562. The van der Waals surface area contributed by atoms with E-state index in [0.717, 1.165) is 17.9 Å². The van der Waals surface area contributed by atoms with Crippen LogP contribution in [0, 0.1) is 0 Å². The van der Waals surface area contributed by atoms with Gasteiger partial charge < -0.3 is 9.64 Å². The van der Waals surface area contributed by atoms with Crippen LogP contribution in [-0.2, 0) is 16.0 Å². The highest BCUT2D eigenvalue weighted by molar-refractivity contribution is 6.30. The summed E-state index contributed by atoms with van der Waals surface area (Å²) >= 11 is 5.86. The lowest BCUT2D eigenvalue weighted by Gasteiger charge is -2.42. The summed E-state index contributed by atoms with van der Waals surface area (Å²) in [6.45, 7) is 6.08. The van der Waals surface area contributed by atoms with Crippen molar-refractivity contribution in [3.05, 3.63) is 34.9 Å². The Kier molecular flexibility index (Phi) is 5.06. The molecule has 0 aliphatic carbocycles. The smallest absolute Gasteiger partial charge is 0.223 e. The molecule has 1 aromatic rings. The van der Waals surface area contributed by atoms with Gasteiger partial charge in [-0.2, -0.15) is 0 Å². The van der Waals surface area contributed by atoms with E-state index in [1.54, 1.807) is 0 Å². The minimum atomic E-state index is -0.185. The zero-order valence-corrected chi connectivity index (χ0v) is 12.9. The number of aryl methyl sites for hydroxylation is 1. The monoisotopic (exact) mass is 295 g/mol. The highest BCUT2D eigenvalue weighted by Crippen LogP contribution is 2.20. The van der Waals surface area contributed by atoms with Crippen molar-refractivity contribution in [2.75, 3.05) is 19.8 Å². The largest absolute Gasteiger partial charge is 0.377 e.